The molecule has 0 aliphatic heterocycles. The average molecular weight is 774 g/mol. The molecular weight excluding hydrogens is 723 g/mol. The molecular formula is C59H51N. The van der Waals surface area contributed by atoms with Gasteiger partial charge in [-0.05, 0) is 115 Å². The minimum atomic E-state index is 0.0483. The Hall–Kier alpha value is -6.70. The van der Waals surface area contributed by atoms with Crippen LogP contribution in [-0.2, 0) is 0 Å². The van der Waals surface area contributed by atoms with Crippen molar-refractivity contribution in [3.63, 3.8) is 0 Å². The lowest BCUT2D eigenvalue weighted by atomic mass is 9.76. The quantitative estimate of drug-likeness (QED) is 0.0988. The van der Waals surface area contributed by atoms with E-state index < -0.39 is 0 Å². The van der Waals surface area contributed by atoms with Gasteiger partial charge in [-0.2, -0.15) is 0 Å². The molecule has 0 amide bonds. The van der Waals surface area contributed by atoms with Gasteiger partial charge in [-0.15, -0.1) is 0 Å². The van der Waals surface area contributed by atoms with E-state index in [-0.39, 0.29) is 11.8 Å². The van der Waals surface area contributed by atoms with Gasteiger partial charge in [0, 0.05) is 34.0 Å². The number of anilines is 3. The van der Waals surface area contributed by atoms with Crippen LogP contribution in [0.2, 0.25) is 0 Å². The molecule has 10 rings (SSSR count). The highest BCUT2D eigenvalue weighted by molar-refractivity contribution is 6.29. The van der Waals surface area contributed by atoms with Crippen LogP contribution in [0.25, 0.3) is 43.4 Å². The molecule has 2 atom stereocenters. The molecule has 0 aromatic heterocycles. The third-order valence-electron chi connectivity index (χ3n) is 12.9. The van der Waals surface area contributed by atoms with Crippen LogP contribution < -0.4 is 4.90 Å². The molecule has 1 heteroatoms. The van der Waals surface area contributed by atoms with E-state index in [0.717, 1.165) is 17.8 Å². The molecule has 1 aliphatic carbocycles. The highest BCUT2D eigenvalue weighted by Gasteiger charge is 2.28. The van der Waals surface area contributed by atoms with Gasteiger partial charge in [0.1, 0.15) is 0 Å². The van der Waals surface area contributed by atoms with Crippen LogP contribution >= 0.6 is 0 Å². The molecule has 9 aromatic rings. The molecule has 2 unspecified atom stereocenters. The number of para-hydroxylation sites is 1. The van der Waals surface area contributed by atoms with Gasteiger partial charge in [-0.1, -0.05) is 198 Å². The van der Waals surface area contributed by atoms with Crippen LogP contribution in [0.1, 0.15) is 91.2 Å². The van der Waals surface area contributed by atoms with Crippen molar-refractivity contribution in [3.05, 3.63) is 234 Å². The van der Waals surface area contributed by atoms with Crippen LogP contribution in [0, 0.1) is 0 Å². The van der Waals surface area contributed by atoms with Gasteiger partial charge in [-0.3, -0.25) is 0 Å². The Morgan fingerprint density at radius 2 is 1.00 bits per heavy atom. The number of allylic oxidation sites excluding steroid dienone is 4. The summed E-state index contributed by atoms with van der Waals surface area (Å²) in [7, 11) is 0. The summed E-state index contributed by atoms with van der Waals surface area (Å²) < 4.78 is 0. The molecule has 0 saturated heterocycles. The molecule has 0 heterocycles. The Morgan fingerprint density at radius 3 is 1.65 bits per heavy atom. The summed E-state index contributed by atoms with van der Waals surface area (Å²) in [5, 5.41) is 7.85. The molecule has 0 N–H and O–H groups in total. The maximum atomic E-state index is 2.57. The monoisotopic (exact) mass is 773 g/mol. The molecule has 292 valence electrons. The predicted molar refractivity (Wildman–Crippen MR) is 258 cm³/mol. The zero-order valence-corrected chi connectivity index (χ0v) is 35.0. The van der Waals surface area contributed by atoms with E-state index in [0.29, 0.717) is 11.8 Å². The fourth-order valence-corrected chi connectivity index (χ4v) is 9.71. The zero-order chi connectivity index (χ0) is 40.7. The number of hydrogen-bond donors (Lipinski definition) is 0. The second kappa shape index (κ2) is 15.8. The van der Waals surface area contributed by atoms with Crippen molar-refractivity contribution >= 4 is 49.4 Å². The first kappa shape index (κ1) is 37.6. The first-order chi connectivity index (χ1) is 29.4. The minimum absolute atomic E-state index is 0.0483. The second-order valence-electron chi connectivity index (χ2n) is 17.2. The first-order valence-corrected chi connectivity index (χ1v) is 21.7. The summed E-state index contributed by atoms with van der Waals surface area (Å²) in [6, 6.07) is 66.4. The van der Waals surface area contributed by atoms with Gasteiger partial charge in [0.05, 0.1) is 5.69 Å². The molecule has 1 aliphatic rings. The normalized spacial score (nSPS) is 14.5. The lowest BCUT2D eigenvalue weighted by Gasteiger charge is -2.30. The fourth-order valence-electron chi connectivity index (χ4n) is 9.71. The maximum absolute atomic E-state index is 2.57. The lowest BCUT2D eigenvalue weighted by molar-refractivity contribution is 0.854. The summed E-state index contributed by atoms with van der Waals surface area (Å²) >= 11 is 0. The van der Waals surface area contributed by atoms with Crippen molar-refractivity contribution in [1.29, 1.82) is 0 Å². The van der Waals surface area contributed by atoms with Crippen molar-refractivity contribution in [2.75, 3.05) is 4.90 Å². The Kier molecular flexibility index (Phi) is 9.90. The van der Waals surface area contributed by atoms with E-state index in [4.69, 9.17) is 0 Å². The topological polar surface area (TPSA) is 3.24 Å². The molecule has 1 nitrogen and oxygen atoms in total. The van der Waals surface area contributed by atoms with Crippen LogP contribution in [0.4, 0.5) is 17.1 Å². The number of hydrogen-bond acceptors (Lipinski definition) is 1. The van der Waals surface area contributed by atoms with Crippen LogP contribution in [0.15, 0.2) is 200 Å². The van der Waals surface area contributed by atoms with E-state index in [2.05, 4.69) is 233 Å². The van der Waals surface area contributed by atoms with Crippen LogP contribution in [0.3, 0.4) is 0 Å². The minimum Gasteiger partial charge on any atom is -0.310 e. The van der Waals surface area contributed by atoms with Crippen LogP contribution in [0.5, 0.6) is 0 Å². The van der Waals surface area contributed by atoms with Gasteiger partial charge >= 0.3 is 0 Å². The average Bonchev–Trinajstić information content (AvgIpc) is 3.30. The lowest BCUT2D eigenvalue weighted by Crippen LogP contribution is -2.11. The van der Waals surface area contributed by atoms with E-state index >= 15 is 0 Å². The molecule has 0 saturated carbocycles. The Balaban J connectivity index is 1.34. The molecule has 0 bridgehead atoms. The first-order valence-electron chi connectivity index (χ1n) is 21.7. The van der Waals surface area contributed by atoms with Crippen molar-refractivity contribution in [3.8, 4) is 11.1 Å². The Morgan fingerprint density at radius 1 is 0.467 bits per heavy atom. The Bertz CT molecular complexity index is 2970. The maximum Gasteiger partial charge on any atom is 0.0546 e. The van der Waals surface area contributed by atoms with Gasteiger partial charge < -0.3 is 4.90 Å². The SMILES string of the molecule is CC(C)c1ccc(C(c2ccccc2)c2cc(C3C=CC=CC3)c3ccc4c(N(c5ccccc5)c5ccc(C(C)C)cc5)cc(-c5ccccc5)c5ccc2c3c54)cc1. The van der Waals surface area contributed by atoms with Crippen molar-refractivity contribution in [2.45, 2.75) is 57.8 Å². The predicted octanol–water partition coefficient (Wildman–Crippen LogP) is 16.7. The fraction of sp³-hybridized carbons (Fsp3) is 0.153. The number of nitrogens with zero attached hydrogens (tertiary/aromatic N) is 1. The van der Waals surface area contributed by atoms with Gasteiger partial charge in [-0.25, -0.2) is 0 Å². The van der Waals surface area contributed by atoms with Gasteiger partial charge in [0.2, 0.25) is 0 Å². The highest BCUT2D eigenvalue weighted by Crippen LogP contribution is 2.51. The highest BCUT2D eigenvalue weighted by atomic mass is 15.1. The third-order valence-corrected chi connectivity index (χ3v) is 12.9. The van der Waals surface area contributed by atoms with E-state index in [9.17, 15) is 0 Å². The smallest absolute Gasteiger partial charge is 0.0546 e. The summed E-state index contributed by atoms with van der Waals surface area (Å²) in [5.41, 5.74) is 14.0. The zero-order valence-electron chi connectivity index (χ0n) is 35.0. The summed E-state index contributed by atoms with van der Waals surface area (Å²) in [6.07, 6.45) is 10.1. The molecule has 0 radical (unpaired) electrons. The standard InChI is InChI=1S/C59H51N/c1-39(2)41-25-27-46(28-26-41)57(45-21-13-7-14-22-45)55-37-53(43-17-9-5-10-18-43)49-35-36-52-56(60(47-23-15-8-16-24-47)48-31-29-42(30-32-48)40(3)4)38-54(44-19-11-6-12-20-44)50-33-34-51(55)58(49)59(50)52/h5-17,19-40,43,57H,18H2,1-4H3. The molecule has 0 spiro atoms. The Labute approximate surface area is 355 Å². The molecule has 60 heavy (non-hydrogen) atoms. The van der Waals surface area contributed by atoms with Crippen molar-refractivity contribution < 1.29 is 0 Å². The summed E-state index contributed by atoms with van der Waals surface area (Å²) in [6.45, 7) is 9.09. The third kappa shape index (κ3) is 6.69. The van der Waals surface area contributed by atoms with Gasteiger partial charge in [0.25, 0.3) is 0 Å². The van der Waals surface area contributed by atoms with E-state index in [1.54, 1.807) is 0 Å². The second-order valence-corrected chi connectivity index (χ2v) is 17.2. The molecule has 0 fully saturated rings. The van der Waals surface area contributed by atoms with E-state index in [1.165, 1.54) is 82.5 Å². The largest absolute Gasteiger partial charge is 0.310 e. The van der Waals surface area contributed by atoms with E-state index in [1.807, 2.05) is 0 Å². The van der Waals surface area contributed by atoms with Crippen molar-refractivity contribution in [1.82, 2.24) is 0 Å². The molecule has 9 aromatic carbocycles. The summed E-state index contributed by atoms with van der Waals surface area (Å²) in [4.78, 5) is 2.47. The number of rotatable bonds is 10. The van der Waals surface area contributed by atoms with Crippen LogP contribution in [-0.4, -0.2) is 0 Å². The van der Waals surface area contributed by atoms with Gasteiger partial charge in [0.15, 0.2) is 0 Å². The number of benzene rings is 9. The summed E-state index contributed by atoms with van der Waals surface area (Å²) in [5.74, 6) is 1.24. The van der Waals surface area contributed by atoms with Crippen molar-refractivity contribution in [2.24, 2.45) is 0 Å².